The van der Waals surface area contributed by atoms with E-state index in [0.29, 0.717) is 0 Å². The van der Waals surface area contributed by atoms with Crippen LogP contribution in [0.4, 0.5) is 5.69 Å². The molecule has 1 aromatic rings. The molecule has 0 aromatic heterocycles. The van der Waals surface area contributed by atoms with Gasteiger partial charge in [-0.15, -0.1) is 0 Å². The first-order valence-corrected chi connectivity index (χ1v) is 7.46. The molecular formula is C16H26N2O. The maximum absolute atomic E-state index is 5.50. The molecule has 1 aromatic carbocycles. The van der Waals surface area contributed by atoms with Crippen LogP contribution >= 0.6 is 0 Å². The SMILES string of the molecule is CCOc1ccc(N2CCNC(CC)(CC)C2)cc1. The number of benzene rings is 1. The monoisotopic (exact) mass is 262 g/mol. The predicted molar refractivity (Wildman–Crippen MR) is 81.1 cm³/mol. The van der Waals surface area contributed by atoms with E-state index in [0.717, 1.165) is 32.0 Å². The minimum Gasteiger partial charge on any atom is -0.494 e. The third-order valence-corrected chi connectivity index (χ3v) is 4.24. The van der Waals surface area contributed by atoms with Crippen LogP contribution in [0, 0.1) is 0 Å². The molecule has 1 aliphatic heterocycles. The Bertz CT molecular complexity index is 384. The molecule has 0 bridgehead atoms. The molecule has 1 saturated heterocycles. The van der Waals surface area contributed by atoms with E-state index in [2.05, 4.69) is 48.3 Å². The van der Waals surface area contributed by atoms with Crippen molar-refractivity contribution in [3.8, 4) is 5.75 Å². The summed E-state index contributed by atoms with van der Waals surface area (Å²) in [6.07, 6.45) is 2.36. The molecule has 0 radical (unpaired) electrons. The van der Waals surface area contributed by atoms with Crippen molar-refractivity contribution < 1.29 is 4.74 Å². The van der Waals surface area contributed by atoms with Crippen LogP contribution in [-0.2, 0) is 0 Å². The third kappa shape index (κ3) is 3.21. The van der Waals surface area contributed by atoms with Gasteiger partial charge in [0, 0.05) is 30.9 Å². The van der Waals surface area contributed by atoms with Crippen molar-refractivity contribution in [2.24, 2.45) is 0 Å². The normalized spacial score (nSPS) is 18.4. The number of nitrogens with zero attached hydrogens (tertiary/aromatic N) is 1. The quantitative estimate of drug-likeness (QED) is 0.882. The lowest BCUT2D eigenvalue weighted by molar-refractivity contribution is 0.277. The average molecular weight is 262 g/mol. The smallest absolute Gasteiger partial charge is 0.119 e. The van der Waals surface area contributed by atoms with Crippen LogP contribution in [-0.4, -0.2) is 31.8 Å². The minimum absolute atomic E-state index is 0.275. The lowest BCUT2D eigenvalue weighted by Gasteiger charge is -2.44. The van der Waals surface area contributed by atoms with Crippen LogP contribution in [0.15, 0.2) is 24.3 Å². The highest BCUT2D eigenvalue weighted by atomic mass is 16.5. The summed E-state index contributed by atoms with van der Waals surface area (Å²) in [5, 5.41) is 3.70. The van der Waals surface area contributed by atoms with Crippen molar-refractivity contribution >= 4 is 5.69 Å². The molecule has 1 fully saturated rings. The summed E-state index contributed by atoms with van der Waals surface area (Å²) in [6, 6.07) is 8.49. The molecular weight excluding hydrogens is 236 g/mol. The predicted octanol–water partition coefficient (Wildman–Crippen LogP) is 3.05. The molecule has 1 N–H and O–H groups in total. The molecule has 106 valence electrons. The lowest BCUT2D eigenvalue weighted by atomic mass is 9.90. The molecule has 3 heteroatoms. The van der Waals surface area contributed by atoms with Crippen LogP contribution in [0.3, 0.4) is 0 Å². The average Bonchev–Trinajstić information content (AvgIpc) is 2.48. The molecule has 0 amide bonds. The fourth-order valence-corrected chi connectivity index (χ4v) is 2.82. The molecule has 0 unspecified atom stereocenters. The van der Waals surface area contributed by atoms with E-state index in [9.17, 15) is 0 Å². The zero-order chi connectivity index (χ0) is 13.7. The second kappa shape index (κ2) is 6.29. The summed E-state index contributed by atoms with van der Waals surface area (Å²) in [6.45, 7) is 10.5. The van der Waals surface area contributed by atoms with E-state index in [1.54, 1.807) is 0 Å². The van der Waals surface area contributed by atoms with Gasteiger partial charge in [-0.1, -0.05) is 13.8 Å². The molecule has 0 saturated carbocycles. The summed E-state index contributed by atoms with van der Waals surface area (Å²) in [5.74, 6) is 0.957. The van der Waals surface area contributed by atoms with Gasteiger partial charge < -0.3 is 15.0 Å². The van der Waals surface area contributed by atoms with Gasteiger partial charge in [0.15, 0.2) is 0 Å². The highest BCUT2D eigenvalue weighted by Gasteiger charge is 2.31. The van der Waals surface area contributed by atoms with Crippen molar-refractivity contribution in [3.63, 3.8) is 0 Å². The number of ether oxygens (including phenoxy) is 1. The van der Waals surface area contributed by atoms with E-state index in [4.69, 9.17) is 4.74 Å². The Balaban J connectivity index is 2.08. The molecule has 2 rings (SSSR count). The van der Waals surface area contributed by atoms with E-state index in [1.807, 2.05) is 6.92 Å². The molecule has 3 nitrogen and oxygen atoms in total. The van der Waals surface area contributed by atoms with Crippen molar-refractivity contribution in [2.45, 2.75) is 39.2 Å². The van der Waals surface area contributed by atoms with Crippen molar-refractivity contribution in [1.82, 2.24) is 5.32 Å². The fourth-order valence-electron chi connectivity index (χ4n) is 2.82. The summed E-state index contributed by atoms with van der Waals surface area (Å²) >= 11 is 0. The zero-order valence-electron chi connectivity index (χ0n) is 12.4. The largest absolute Gasteiger partial charge is 0.494 e. The minimum atomic E-state index is 0.275. The topological polar surface area (TPSA) is 24.5 Å². The van der Waals surface area contributed by atoms with E-state index >= 15 is 0 Å². The van der Waals surface area contributed by atoms with Gasteiger partial charge in [0.05, 0.1) is 6.61 Å². The van der Waals surface area contributed by atoms with Gasteiger partial charge >= 0.3 is 0 Å². The van der Waals surface area contributed by atoms with Crippen LogP contribution in [0.25, 0.3) is 0 Å². The Kier molecular flexibility index (Phi) is 4.70. The Morgan fingerprint density at radius 2 is 1.84 bits per heavy atom. The molecule has 0 atom stereocenters. The highest BCUT2D eigenvalue weighted by Crippen LogP contribution is 2.26. The highest BCUT2D eigenvalue weighted by molar-refractivity contribution is 5.50. The maximum atomic E-state index is 5.50. The first kappa shape index (κ1) is 14.2. The lowest BCUT2D eigenvalue weighted by Crippen LogP contribution is -2.60. The standard InChI is InChI=1S/C16H26N2O/c1-4-16(5-2)13-18(12-11-17-16)14-7-9-15(10-8-14)19-6-3/h7-10,17H,4-6,11-13H2,1-3H3. The second-order valence-corrected chi connectivity index (χ2v) is 5.26. The van der Waals surface area contributed by atoms with E-state index in [1.165, 1.54) is 18.5 Å². The van der Waals surface area contributed by atoms with Gasteiger partial charge in [-0.2, -0.15) is 0 Å². The van der Waals surface area contributed by atoms with Crippen LogP contribution < -0.4 is 15.0 Å². The van der Waals surface area contributed by atoms with Crippen LogP contribution in [0.2, 0.25) is 0 Å². The Labute approximate surface area is 116 Å². The van der Waals surface area contributed by atoms with Gasteiger partial charge in [-0.05, 0) is 44.0 Å². The van der Waals surface area contributed by atoms with Gasteiger partial charge in [0.25, 0.3) is 0 Å². The van der Waals surface area contributed by atoms with E-state index < -0.39 is 0 Å². The van der Waals surface area contributed by atoms with Gasteiger partial charge in [-0.3, -0.25) is 0 Å². The summed E-state index contributed by atoms with van der Waals surface area (Å²) in [5.41, 5.74) is 1.58. The molecule has 19 heavy (non-hydrogen) atoms. The van der Waals surface area contributed by atoms with Crippen LogP contribution in [0.5, 0.6) is 5.75 Å². The maximum Gasteiger partial charge on any atom is 0.119 e. The molecule has 1 aliphatic rings. The number of anilines is 1. The Morgan fingerprint density at radius 3 is 2.42 bits per heavy atom. The Morgan fingerprint density at radius 1 is 1.16 bits per heavy atom. The number of hydrogen-bond acceptors (Lipinski definition) is 3. The summed E-state index contributed by atoms with van der Waals surface area (Å²) < 4.78 is 5.50. The molecule has 0 spiro atoms. The Hall–Kier alpha value is -1.22. The molecule has 1 heterocycles. The first-order chi connectivity index (χ1) is 9.23. The summed E-state index contributed by atoms with van der Waals surface area (Å²) in [4.78, 5) is 2.49. The van der Waals surface area contributed by atoms with E-state index in [-0.39, 0.29) is 5.54 Å². The third-order valence-electron chi connectivity index (χ3n) is 4.24. The van der Waals surface area contributed by atoms with Crippen LogP contribution in [0.1, 0.15) is 33.6 Å². The number of rotatable bonds is 5. The number of hydrogen-bond donors (Lipinski definition) is 1. The van der Waals surface area contributed by atoms with Gasteiger partial charge in [-0.25, -0.2) is 0 Å². The fraction of sp³-hybridized carbons (Fsp3) is 0.625. The molecule has 0 aliphatic carbocycles. The first-order valence-electron chi connectivity index (χ1n) is 7.46. The second-order valence-electron chi connectivity index (χ2n) is 5.26. The summed E-state index contributed by atoms with van der Waals surface area (Å²) in [7, 11) is 0. The van der Waals surface area contributed by atoms with Crippen molar-refractivity contribution in [1.29, 1.82) is 0 Å². The number of piperazine rings is 1. The van der Waals surface area contributed by atoms with Gasteiger partial charge in [0.1, 0.15) is 5.75 Å². The van der Waals surface area contributed by atoms with Gasteiger partial charge in [0.2, 0.25) is 0 Å². The van der Waals surface area contributed by atoms with Crippen molar-refractivity contribution in [2.75, 3.05) is 31.1 Å². The van der Waals surface area contributed by atoms with Crippen molar-refractivity contribution in [3.05, 3.63) is 24.3 Å². The zero-order valence-corrected chi connectivity index (χ0v) is 12.4. The number of nitrogens with one attached hydrogen (secondary N) is 1.